The molecule has 2 aliphatic rings. The molecule has 8 heteroatoms. The molecule has 20 heavy (non-hydrogen) atoms. The molecule has 0 radical (unpaired) electrons. The first-order chi connectivity index (χ1) is 9.79. The van der Waals surface area contributed by atoms with Gasteiger partial charge in [-0.2, -0.15) is 0 Å². The van der Waals surface area contributed by atoms with Gasteiger partial charge in [0.15, 0.2) is 6.23 Å². The zero-order chi connectivity index (χ0) is 14.2. The molecule has 1 unspecified atom stereocenters. The highest BCUT2D eigenvalue weighted by Gasteiger charge is 2.31. The monoisotopic (exact) mass is 337 g/mol. The first kappa shape index (κ1) is 16.8. The summed E-state index contributed by atoms with van der Waals surface area (Å²) in [7, 11) is 0. The number of carbonyl (C=O) groups is 1. The summed E-state index contributed by atoms with van der Waals surface area (Å²) in [5, 5.41) is 0. The Morgan fingerprint density at radius 3 is 2.75 bits per heavy atom. The smallest absolute Gasteiger partial charge is 0.307 e. The van der Waals surface area contributed by atoms with Crippen molar-refractivity contribution >= 4 is 41.8 Å². The lowest BCUT2D eigenvalue weighted by Gasteiger charge is -2.36. The lowest BCUT2D eigenvalue weighted by Crippen LogP contribution is -2.48. The Labute approximate surface area is 134 Å². The lowest BCUT2D eigenvalue weighted by molar-refractivity contribution is -0.148. The van der Waals surface area contributed by atoms with Gasteiger partial charge in [-0.3, -0.25) is 9.69 Å². The van der Waals surface area contributed by atoms with Crippen LogP contribution in [0, 0.1) is 0 Å². The maximum Gasteiger partial charge on any atom is 0.307 e. The standard InChI is InChI=1S/C12H23N3O2S3/c1-18-13-19-9-2-10-20-15-7-5-14(6-8-15)11-3-4-12(16)17-11/h11,13H,2-10H2,1H3. The number of nitrogens with zero attached hydrogens (tertiary/aromatic N) is 2. The normalized spacial score (nSPS) is 25.1. The number of carbonyl (C=O) groups excluding carboxylic acids is 1. The molecule has 0 amide bonds. The minimum atomic E-state index is -0.0387. The molecule has 2 fully saturated rings. The van der Waals surface area contributed by atoms with Crippen molar-refractivity contribution in [3.63, 3.8) is 0 Å². The summed E-state index contributed by atoms with van der Waals surface area (Å²) in [6.45, 7) is 4.14. The third-order valence-electron chi connectivity index (χ3n) is 3.35. The predicted molar refractivity (Wildman–Crippen MR) is 88.4 cm³/mol. The lowest BCUT2D eigenvalue weighted by atomic mass is 10.3. The van der Waals surface area contributed by atoms with E-state index in [1.165, 1.54) is 12.2 Å². The van der Waals surface area contributed by atoms with Crippen LogP contribution in [0.5, 0.6) is 0 Å². The van der Waals surface area contributed by atoms with Gasteiger partial charge in [-0.1, -0.05) is 35.8 Å². The van der Waals surface area contributed by atoms with E-state index in [1.54, 1.807) is 23.9 Å². The minimum Gasteiger partial charge on any atom is -0.446 e. The quantitative estimate of drug-likeness (QED) is 0.409. The number of hydrogen-bond acceptors (Lipinski definition) is 8. The largest absolute Gasteiger partial charge is 0.446 e. The van der Waals surface area contributed by atoms with E-state index in [0.29, 0.717) is 6.42 Å². The van der Waals surface area contributed by atoms with Crippen molar-refractivity contribution < 1.29 is 9.53 Å². The predicted octanol–water partition coefficient (Wildman–Crippen LogP) is 1.82. The van der Waals surface area contributed by atoms with Crippen LogP contribution in [-0.4, -0.2) is 65.3 Å². The highest BCUT2D eigenvalue weighted by atomic mass is 32.2. The molecule has 0 aromatic carbocycles. The third-order valence-corrected chi connectivity index (χ3v) is 6.18. The summed E-state index contributed by atoms with van der Waals surface area (Å²) in [5.41, 5.74) is 0. The molecule has 2 heterocycles. The molecular formula is C12H23N3O2S3. The Hall–Kier alpha value is 0.400. The van der Waals surface area contributed by atoms with Crippen LogP contribution in [0.3, 0.4) is 0 Å². The average molecular weight is 338 g/mol. The molecule has 0 aromatic heterocycles. The third kappa shape index (κ3) is 5.65. The van der Waals surface area contributed by atoms with Crippen LogP contribution in [-0.2, 0) is 9.53 Å². The summed E-state index contributed by atoms with van der Waals surface area (Å²) in [6, 6.07) is 0. The van der Waals surface area contributed by atoms with Gasteiger partial charge in [-0.15, -0.1) is 0 Å². The zero-order valence-corrected chi connectivity index (χ0v) is 14.3. The molecule has 2 aliphatic heterocycles. The number of hydrogen-bond donors (Lipinski definition) is 1. The second-order valence-corrected chi connectivity index (χ2v) is 7.73. The van der Waals surface area contributed by atoms with Gasteiger partial charge in [0.05, 0.1) is 6.42 Å². The van der Waals surface area contributed by atoms with Crippen LogP contribution in [0.2, 0.25) is 0 Å². The average Bonchev–Trinajstić information content (AvgIpc) is 2.90. The van der Waals surface area contributed by atoms with E-state index >= 15 is 0 Å². The summed E-state index contributed by atoms with van der Waals surface area (Å²) >= 11 is 5.39. The summed E-state index contributed by atoms with van der Waals surface area (Å²) in [4.78, 5) is 13.4. The van der Waals surface area contributed by atoms with Crippen molar-refractivity contribution in [2.45, 2.75) is 25.5 Å². The molecule has 116 valence electrons. The first-order valence-electron chi connectivity index (χ1n) is 7.01. The van der Waals surface area contributed by atoms with Gasteiger partial charge in [-0.25, -0.2) is 8.43 Å². The summed E-state index contributed by atoms with van der Waals surface area (Å²) in [6.07, 6.45) is 4.77. The molecule has 0 saturated carbocycles. The van der Waals surface area contributed by atoms with Crippen LogP contribution in [0.4, 0.5) is 0 Å². The summed E-state index contributed by atoms with van der Waals surface area (Å²) in [5.74, 6) is 2.30. The second kappa shape index (κ2) is 9.42. The van der Waals surface area contributed by atoms with Crippen molar-refractivity contribution in [3.05, 3.63) is 0 Å². The number of cyclic esters (lactones) is 1. The fraction of sp³-hybridized carbons (Fsp3) is 0.917. The number of esters is 1. The van der Waals surface area contributed by atoms with E-state index in [2.05, 4.69) is 13.3 Å². The highest BCUT2D eigenvalue weighted by molar-refractivity contribution is 8.12. The van der Waals surface area contributed by atoms with Crippen LogP contribution in [0.15, 0.2) is 0 Å². The van der Waals surface area contributed by atoms with E-state index < -0.39 is 0 Å². The van der Waals surface area contributed by atoms with Crippen LogP contribution in [0.25, 0.3) is 0 Å². The van der Waals surface area contributed by atoms with Gasteiger partial charge in [0.1, 0.15) is 0 Å². The van der Waals surface area contributed by atoms with Crippen molar-refractivity contribution in [2.75, 3.05) is 43.9 Å². The van der Waals surface area contributed by atoms with Gasteiger partial charge in [0.2, 0.25) is 0 Å². The zero-order valence-electron chi connectivity index (χ0n) is 11.9. The van der Waals surface area contributed by atoms with Crippen molar-refractivity contribution in [1.29, 1.82) is 0 Å². The van der Waals surface area contributed by atoms with Crippen molar-refractivity contribution in [2.24, 2.45) is 0 Å². The highest BCUT2D eigenvalue weighted by Crippen LogP contribution is 2.22. The number of rotatable bonds is 8. The molecule has 0 spiro atoms. The molecule has 1 N–H and O–H groups in total. The topological polar surface area (TPSA) is 44.8 Å². The van der Waals surface area contributed by atoms with Gasteiger partial charge in [0.25, 0.3) is 0 Å². The Morgan fingerprint density at radius 1 is 1.30 bits per heavy atom. The molecule has 0 aliphatic carbocycles. The molecule has 2 rings (SSSR count). The van der Waals surface area contributed by atoms with Gasteiger partial charge in [0, 0.05) is 44.1 Å². The van der Waals surface area contributed by atoms with Crippen molar-refractivity contribution in [1.82, 2.24) is 13.3 Å². The molecule has 2 saturated heterocycles. The van der Waals surface area contributed by atoms with Gasteiger partial charge in [-0.05, 0) is 12.7 Å². The number of piperazine rings is 1. The number of nitrogens with one attached hydrogen (secondary N) is 1. The first-order valence-corrected chi connectivity index (χ1v) is 10.2. The van der Waals surface area contributed by atoms with Crippen LogP contribution in [0.1, 0.15) is 19.3 Å². The second-order valence-electron chi connectivity index (χ2n) is 4.77. The molecule has 0 aromatic rings. The van der Waals surface area contributed by atoms with E-state index in [-0.39, 0.29) is 12.2 Å². The number of ether oxygens (including phenoxy) is 1. The molecule has 0 bridgehead atoms. The fourth-order valence-electron chi connectivity index (χ4n) is 2.31. The maximum atomic E-state index is 11.1. The van der Waals surface area contributed by atoms with E-state index in [4.69, 9.17) is 4.74 Å². The van der Waals surface area contributed by atoms with Gasteiger partial charge < -0.3 is 4.74 Å². The van der Waals surface area contributed by atoms with E-state index in [9.17, 15) is 4.79 Å². The maximum absolute atomic E-state index is 11.1. The summed E-state index contributed by atoms with van der Waals surface area (Å²) < 4.78 is 11.0. The Kier molecular flexibility index (Phi) is 7.90. The molecular weight excluding hydrogens is 314 g/mol. The Morgan fingerprint density at radius 2 is 2.10 bits per heavy atom. The molecule has 1 atom stereocenters. The fourth-order valence-corrected chi connectivity index (χ4v) is 4.54. The van der Waals surface area contributed by atoms with Crippen molar-refractivity contribution in [3.8, 4) is 0 Å². The Balaban J connectivity index is 1.52. The SMILES string of the molecule is CSNSCCCSN1CCN(C2CCC(=O)O2)CC1. The Bertz CT molecular complexity index is 302. The minimum absolute atomic E-state index is 0.0387. The van der Waals surface area contributed by atoms with Crippen LogP contribution >= 0.6 is 35.8 Å². The van der Waals surface area contributed by atoms with E-state index in [1.807, 2.05) is 18.2 Å². The van der Waals surface area contributed by atoms with Gasteiger partial charge >= 0.3 is 5.97 Å². The van der Waals surface area contributed by atoms with E-state index in [0.717, 1.165) is 38.4 Å². The van der Waals surface area contributed by atoms with Crippen LogP contribution < -0.4 is 4.13 Å². The molecule has 5 nitrogen and oxygen atoms in total.